The van der Waals surface area contributed by atoms with Gasteiger partial charge in [-0.05, 0) is 13.3 Å². The van der Waals surface area contributed by atoms with Crippen molar-refractivity contribution in [2.24, 2.45) is 0 Å². The third kappa shape index (κ3) is 3.21. The molecule has 0 saturated carbocycles. The van der Waals surface area contributed by atoms with Crippen LogP contribution in [-0.2, 0) is 0 Å². The Labute approximate surface area is 92.7 Å². The second-order valence-corrected chi connectivity index (χ2v) is 3.77. The number of aliphatic hydroxyl groups is 1. The Hall–Kier alpha value is -1.07. The van der Waals surface area contributed by atoms with E-state index in [-0.39, 0.29) is 17.8 Å². The van der Waals surface area contributed by atoms with Crippen molar-refractivity contribution in [2.45, 2.75) is 19.4 Å². The van der Waals surface area contributed by atoms with Gasteiger partial charge in [-0.3, -0.25) is 4.98 Å². The number of nitrogens with one attached hydrogen (secondary N) is 1. The lowest BCUT2D eigenvalue weighted by molar-refractivity contribution is 0.277. The summed E-state index contributed by atoms with van der Waals surface area (Å²) in [5, 5.41) is 9.06. The van der Waals surface area contributed by atoms with Crippen molar-refractivity contribution in [1.82, 2.24) is 9.97 Å². The summed E-state index contributed by atoms with van der Waals surface area (Å²) in [5.41, 5.74) is -0.472. The molecule has 5 nitrogen and oxygen atoms in total. The molecule has 1 aromatic heterocycles. The number of aliphatic hydroxyl groups excluding tert-OH is 1. The molecule has 0 aliphatic rings. The highest BCUT2D eigenvalue weighted by atomic mass is 35.5. The van der Waals surface area contributed by atoms with Crippen LogP contribution in [0.5, 0.6) is 0 Å². The summed E-state index contributed by atoms with van der Waals surface area (Å²) in [5.74, 6) is 0.504. The van der Waals surface area contributed by atoms with Gasteiger partial charge in [-0.15, -0.1) is 0 Å². The van der Waals surface area contributed by atoms with Crippen molar-refractivity contribution >= 4 is 17.4 Å². The number of hydrogen-bond acceptors (Lipinski definition) is 4. The van der Waals surface area contributed by atoms with E-state index < -0.39 is 5.69 Å². The van der Waals surface area contributed by atoms with E-state index in [2.05, 4.69) is 9.97 Å². The van der Waals surface area contributed by atoms with Crippen LogP contribution in [0.25, 0.3) is 0 Å². The van der Waals surface area contributed by atoms with Gasteiger partial charge in [0.15, 0.2) is 0 Å². The van der Waals surface area contributed by atoms with Gasteiger partial charge in [-0.25, -0.2) is 4.79 Å². The minimum atomic E-state index is -0.472. The highest BCUT2D eigenvalue weighted by Gasteiger charge is 2.11. The summed E-state index contributed by atoms with van der Waals surface area (Å²) >= 11 is 5.70. The van der Waals surface area contributed by atoms with Crippen LogP contribution in [-0.4, -0.2) is 34.8 Å². The average Bonchev–Trinajstić information content (AvgIpc) is 2.15. The van der Waals surface area contributed by atoms with E-state index in [1.54, 1.807) is 18.0 Å². The molecule has 1 aromatic rings. The van der Waals surface area contributed by atoms with Gasteiger partial charge in [0.25, 0.3) is 0 Å². The van der Waals surface area contributed by atoms with Crippen molar-refractivity contribution in [3.63, 3.8) is 0 Å². The maximum atomic E-state index is 11.1. The highest BCUT2D eigenvalue weighted by Crippen LogP contribution is 2.14. The number of hydrogen-bond donors (Lipinski definition) is 2. The van der Waals surface area contributed by atoms with Gasteiger partial charge in [0.05, 0.1) is 0 Å². The predicted octanol–water partition coefficient (Wildman–Crippen LogP) is 0.630. The van der Waals surface area contributed by atoms with Gasteiger partial charge in [0.1, 0.15) is 11.0 Å². The van der Waals surface area contributed by atoms with Crippen LogP contribution in [0.1, 0.15) is 13.3 Å². The smallest absolute Gasteiger partial charge is 0.348 e. The molecule has 84 valence electrons. The maximum Gasteiger partial charge on any atom is 0.348 e. The molecule has 0 bridgehead atoms. The second-order valence-electron chi connectivity index (χ2n) is 3.36. The van der Waals surface area contributed by atoms with Crippen LogP contribution in [0.2, 0.25) is 5.15 Å². The molecule has 2 N–H and O–H groups in total. The van der Waals surface area contributed by atoms with E-state index in [1.165, 1.54) is 0 Å². The first kappa shape index (κ1) is 12.0. The number of aromatic nitrogens is 2. The lowest BCUT2D eigenvalue weighted by Crippen LogP contribution is -2.32. The Kier molecular flexibility index (Phi) is 4.11. The molecule has 0 radical (unpaired) electrons. The molecule has 1 atom stereocenters. The van der Waals surface area contributed by atoms with Crippen LogP contribution in [0.15, 0.2) is 10.9 Å². The molecule has 0 aliphatic carbocycles. The number of anilines is 1. The van der Waals surface area contributed by atoms with Crippen LogP contribution in [0.3, 0.4) is 0 Å². The molecule has 1 heterocycles. The maximum absolute atomic E-state index is 11.1. The molecule has 6 heteroatoms. The normalized spacial score (nSPS) is 12.5. The van der Waals surface area contributed by atoms with E-state index in [0.29, 0.717) is 12.2 Å². The van der Waals surface area contributed by atoms with Gasteiger partial charge in [-0.2, -0.15) is 4.98 Å². The van der Waals surface area contributed by atoms with Gasteiger partial charge < -0.3 is 10.0 Å². The highest BCUT2D eigenvalue weighted by molar-refractivity contribution is 6.29. The van der Waals surface area contributed by atoms with Crippen molar-refractivity contribution in [3.8, 4) is 0 Å². The molecule has 0 aromatic carbocycles. The molecule has 0 saturated heterocycles. The van der Waals surface area contributed by atoms with Gasteiger partial charge in [-0.1, -0.05) is 11.6 Å². The summed E-state index contributed by atoms with van der Waals surface area (Å²) in [7, 11) is 1.80. The third-order valence-electron chi connectivity index (χ3n) is 2.27. The standard InChI is InChI=1S/C9H14ClN3O2/c1-6(3-4-14)13(2)8-5-7(10)11-9(15)12-8/h5-6,14H,3-4H2,1-2H3,(H,11,12,15)/t6-/m0/s1. The Bertz CT molecular complexity index is 380. The molecule has 1 rings (SSSR count). The third-order valence-corrected chi connectivity index (χ3v) is 2.47. The Morgan fingerprint density at radius 1 is 1.73 bits per heavy atom. The van der Waals surface area contributed by atoms with E-state index in [1.807, 2.05) is 6.92 Å². The largest absolute Gasteiger partial charge is 0.396 e. The fourth-order valence-corrected chi connectivity index (χ4v) is 1.38. The second kappa shape index (κ2) is 5.14. The van der Waals surface area contributed by atoms with Crippen molar-refractivity contribution in [3.05, 3.63) is 21.7 Å². The molecule has 15 heavy (non-hydrogen) atoms. The molecular weight excluding hydrogens is 218 g/mol. The van der Waals surface area contributed by atoms with E-state index in [0.717, 1.165) is 0 Å². The van der Waals surface area contributed by atoms with Crippen LogP contribution in [0, 0.1) is 0 Å². The Morgan fingerprint density at radius 2 is 2.40 bits per heavy atom. The van der Waals surface area contributed by atoms with Crippen LogP contribution < -0.4 is 10.6 Å². The first-order valence-electron chi connectivity index (χ1n) is 4.65. The molecule has 0 aliphatic heterocycles. The first-order valence-corrected chi connectivity index (χ1v) is 5.03. The number of H-pyrrole nitrogens is 1. The SMILES string of the molecule is C[C@@H](CCO)N(C)c1cc(Cl)[nH]c(=O)n1. The van der Waals surface area contributed by atoms with Crippen molar-refractivity contribution in [2.75, 3.05) is 18.6 Å². The van der Waals surface area contributed by atoms with Gasteiger partial charge in [0, 0.05) is 25.8 Å². The number of nitrogens with zero attached hydrogens (tertiary/aromatic N) is 2. The number of rotatable bonds is 4. The minimum Gasteiger partial charge on any atom is -0.396 e. The average molecular weight is 232 g/mol. The van der Waals surface area contributed by atoms with E-state index in [9.17, 15) is 4.79 Å². The van der Waals surface area contributed by atoms with Gasteiger partial charge >= 0.3 is 5.69 Å². The van der Waals surface area contributed by atoms with E-state index >= 15 is 0 Å². The lowest BCUT2D eigenvalue weighted by atomic mass is 10.2. The van der Waals surface area contributed by atoms with Crippen molar-refractivity contribution in [1.29, 1.82) is 0 Å². The zero-order valence-electron chi connectivity index (χ0n) is 8.70. The summed E-state index contributed by atoms with van der Waals surface area (Å²) in [4.78, 5) is 19.0. The molecule has 0 fully saturated rings. The Balaban J connectivity index is 2.90. The minimum absolute atomic E-state index is 0.0976. The molecule has 0 amide bonds. The van der Waals surface area contributed by atoms with E-state index in [4.69, 9.17) is 16.7 Å². The summed E-state index contributed by atoms with van der Waals surface area (Å²) in [6, 6.07) is 1.68. The van der Waals surface area contributed by atoms with Crippen LogP contribution >= 0.6 is 11.6 Å². The zero-order valence-corrected chi connectivity index (χ0v) is 9.45. The molecule has 0 unspecified atom stereocenters. The quantitative estimate of drug-likeness (QED) is 0.746. The number of halogens is 1. The Morgan fingerprint density at radius 3 is 2.93 bits per heavy atom. The molecular formula is C9H14ClN3O2. The monoisotopic (exact) mass is 231 g/mol. The first-order chi connectivity index (χ1) is 7.04. The van der Waals surface area contributed by atoms with Gasteiger partial charge in [0.2, 0.25) is 0 Å². The predicted molar refractivity (Wildman–Crippen MR) is 59.4 cm³/mol. The summed E-state index contributed by atoms with van der Waals surface area (Å²) in [6.45, 7) is 2.04. The fourth-order valence-electron chi connectivity index (χ4n) is 1.20. The zero-order chi connectivity index (χ0) is 11.4. The lowest BCUT2D eigenvalue weighted by Gasteiger charge is -2.24. The fraction of sp³-hybridized carbons (Fsp3) is 0.556. The number of aromatic amines is 1. The molecule has 0 spiro atoms. The summed E-state index contributed by atoms with van der Waals surface area (Å²) < 4.78 is 0. The topological polar surface area (TPSA) is 69.2 Å². The van der Waals surface area contributed by atoms with Crippen LogP contribution in [0.4, 0.5) is 5.82 Å². The summed E-state index contributed by atoms with van der Waals surface area (Å²) in [6.07, 6.45) is 0.614. The van der Waals surface area contributed by atoms with Crippen molar-refractivity contribution < 1.29 is 5.11 Å².